The Morgan fingerprint density at radius 3 is 2.67 bits per heavy atom. The van der Waals surface area contributed by atoms with Gasteiger partial charge in [-0.05, 0) is 31.1 Å². The number of aliphatic hydroxyl groups excluding tert-OH is 1. The molecule has 2 unspecified atom stereocenters. The molecule has 1 saturated heterocycles. The van der Waals surface area contributed by atoms with Gasteiger partial charge in [0.15, 0.2) is 0 Å². The minimum Gasteiger partial charge on any atom is -0.469 e. The summed E-state index contributed by atoms with van der Waals surface area (Å²) in [5, 5.41) is 10.8. The Labute approximate surface area is 169 Å². The highest BCUT2D eigenvalue weighted by atomic mass is 32.2. The lowest BCUT2D eigenvalue weighted by atomic mass is 9.80. The minimum atomic E-state index is -0.374. The number of amides is 1. The lowest BCUT2D eigenvalue weighted by Crippen LogP contribution is -2.38. The predicted molar refractivity (Wildman–Crippen MR) is 112 cm³/mol. The number of hydrogen-bond acceptors (Lipinski definition) is 5. The zero-order chi connectivity index (χ0) is 20.3. The van der Waals surface area contributed by atoms with Crippen molar-refractivity contribution in [1.82, 2.24) is 4.90 Å². The van der Waals surface area contributed by atoms with E-state index in [1.54, 1.807) is 11.8 Å². The topological polar surface area (TPSA) is 66.8 Å². The first-order valence-electron chi connectivity index (χ1n) is 10.5. The van der Waals surface area contributed by atoms with E-state index in [2.05, 4.69) is 25.5 Å². The van der Waals surface area contributed by atoms with E-state index in [0.29, 0.717) is 25.1 Å². The van der Waals surface area contributed by atoms with Gasteiger partial charge in [-0.1, -0.05) is 52.9 Å². The van der Waals surface area contributed by atoms with Crippen LogP contribution in [0.2, 0.25) is 0 Å². The summed E-state index contributed by atoms with van der Waals surface area (Å²) in [6, 6.07) is 0. The molecular formula is C21H39NO4S. The minimum absolute atomic E-state index is 0.0962. The number of rotatable bonds is 14. The van der Waals surface area contributed by atoms with Gasteiger partial charge >= 0.3 is 5.97 Å². The first-order chi connectivity index (χ1) is 12.8. The van der Waals surface area contributed by atoms with Crippen LogP contribution in [0.25, 0.3) is 0 Å². The van der Waals surface area contributed by atoms with E-state index in [-0.39, 0.29) is 28.8 Å². The van der Waals surface area contributed by atoms with Crippen molar-refractivity contribution in [2.45, 2.75) is 96.5 Å². The lowest BCUT2D eigenvalue weighted by Gasteiger charge is -2.33. The molecule has 0 aliphatic carbocycles. The quantitative estimate of drug-likeness (QED) is 0.346. The van der Waals surface area contributed by atoms with E-state index in [9.17, 15) is 14.7 Å². The maximum absolute atomic E-state index is 12.2. The summed E-state index contributed by atoms with van der Waals surface area (Å²) in [7, 11) is 1.42. The van der Waals surface area contributed by atoms with Crippen molar-refractivity contribution in [3.63, 3.8) is 0 Å². The Bertz CT molecular complexity index is 455. The van der Waals surface area contributed by atoms with Crippen LogP contribution in [-0.4, -0.2) is 52.8 Å². The number of methoxy groups -OCH3 is 1. The van der Waals surface area contributed by atoms with Crippen LogP contribution in [-0.2, 0) is 14.3 Å². The van der Waals surface area contributed by atoms with Crippen molar-refractivity contribution in [2.75, 3.05) is 19.4 Å². The monoisotopic (exact) mass is 401 g/mol. The Balaban J connectivity index is 2.32. The second-order valence-electron chi connectivity index (χ2n) is 8.28. The summed E-state index contributed by atoms with van der Waals surface area (Å²) in [6.07, 6.45) is 9.06. The number of aliphatic hydroxyl groups is 1. The summed E-state index contributed by atoms with van der Waals surface area (Å²) in [4.78, 5) is 25.3. The summed E-state index contributed by atoms with van der Waals surface area (Å²) in [5.74, 6) is 0.621. The lowest BCUT2D eigenvalue weighted by molar-refractivity contribution is -0.140. The average Bonchev–Trinajstić information content (AvgIpc) is 3.00. The summed E-state index contributed by atoms with van der Waals surface area (Å²) in [6.45, 7) is 7.07. The molecule has 1 aliphatic heterocycles. The van der Waals surface area contributed by atoms with E-state index >= 15 is 0 Å². The Morgan fingerprint density at radius 2 is 2.00 bits per heavy atom. The molecule has 0 aromatic carbocycles. The number of carbonyl (C=O) groups excluding carboxylic acids is 2. The summed E-state index contributed by atoms with van der Waals surface area (Å²) in [5.41, 5.74) is -0.0962. The highest BCUT2D eigenvalue weighted by molar-refractivity contribution is 8.00. The molecule has 27 heavy (non-hydrogen) atoms. The number of ether oxygens (including phenoxy) is 1. The van der Waals surface area contributed by atoms with Gasteiger partial charge in [0.1, 0.15) is 0 Å². The Kier molecular flexibility index (Phi) is 11.4. The molecule has 6 heteroatoms. The molecule has 1 rings (SSSR count). The third-order valence-corrected chi connectivity index (χ3v) is 6.89. The Morgan fingerprint density at radius 1 is 1.30 bits per heavy atom. The molecule has 158 valence electrons. The third kappa shape index (κ3) is 8.86. The normalized spacial score (nSPS) is 18.8. The van der Waals surface area contributed by atoms with Crippen molar-refractivity contribution < 1.29 is 19.4 Å². The molecule has 1 amide bonds. The molecule has 0 aromatic rings. The molecule has 1 heterocycles. The standard InChI is InChI=1S/C21H39NO4S/c1-5-6-14-21(2,3)17(23)13-15-22-18(24)16-27-19(22)11-9-7-8-10-12-20(25)26-4/h17,19,23H,5-16H2,1-4H3. The van der Waals surface area contributed by atoms with Crippen molar-refractivity contribution in [2.24, 2.45) is 5.41 Å². The van der Waals surface area contributed by atoms with Crippen LogP contribution in [0, 0.1) is 5.41 Å². The van der Waals surface area contributed by atoms with E-state index in [1.807, 2.05) is 4.90 Å². The van der Waals surface area contributed by atoms with Gasteiger partial charge in [0.25, 0.3) is 0 Å². The van der Waals surface area contributed by atoms with Crippen LogP contribution in [0.3, 0.4) is 0 Å². The summed E-state index contributed by atoms with van der Waals surface area (Å²) >= 11 is 1.72. The first-order valence-corrected chi connectivity index (χ1v) is 11.5. The fraction of sp³-hybridized carbons (Fsp3) is 0.905. The smallest absolute Gasteiger partial charge is 0.305 e. The number of carbonyl (C=O) groups is 2. The fourth-order valence-electron chi connectivity index (χ4n) is 3.50. The van der Waals surface area contributed by atoms with E-state index in [4.69, 9.17) is 0 Å². The molecule has 2 atom stereocenters. The van der Waals surface area contributed by atoms with Crippen LogP contribution in [0.15, 0.2) is 0 Å². The van der Waals surface area contributed by atoms with Crippen LogP contribution in [0.5, 0.6) is 0 Å². The first kappa shape index (κ1) is 24.3. The van der Waals surface area contributed by atoms with Crippen molar-refractivity contribution in [3.8, 4) is 0 Å². The van der Waals surface area contributed by atoms with Gasteiger partial charge in [-0.15, -0.1) is 11.8 Å². The van der Waals surface area contributed by atoms with Gasteiger partial charge in [-0.2, -0.15) is 0 Å². The number of thioether (sulfide) groups is 1. The number of hydrogen-bond donors (Lipinski definition) is 1. The number of unbranched alkanes of at least 4 members (excludes halogenated alkanes) is 4. The van der Waals surface area contributed by atoms with Crippen LogP contribution in [0.4, 0.5) is 0 Å². The van der Waals surface area contributed by atoms with Gasteiger partial charge in [-0.3, -0.25) is 9.59 Å². The molecule has 1 aliphatic rings. The molecule has 0 bridgehead atoms. The van der Waals surface area contributed by atoms with Crippen molar-refractivity contribution in [1.29, 1.82) is 0 Å². The SMILES string of the molecule is CCCCC(C)(C)C(O)CCN1C(=O)CSC1CCCCCCC(=O)OC. The van der Waals surface area contributed by atoms with Gasteiger partial charge < -0.3 is 14.7 Å². The number of esters is 1. The molecule has 0 aromatic heterocycles. The second kappa shape index (κ2) is 12.7. The highest BCUT2D eigenvalue weighted by Crippen LogP contribution is 2.33. The van der Waals surface area contributed by atoms with E-state index in [0.717, 1.165) is 51.4 Å². The van der Waals surface area contributed by atoms with Crippen molar-refractivity contribution in [3.05, 3.63) is 0 Å². The zero-order valence-corrected chi connectivity index (χ0v) is 18.5. The Hall–Kier alpha value is -0.750. The molecule has 5 nitrogen and oxygen atoms in total. The van der Waals surface area contributed by atoms with Gasteiger partial charge in [0.05, 0.1) is 24.3 Å². The maximum atomic E-state index is 12.2. The van der Waals surface area contributed by atoms with E-state index in [1.165, 1.54) is 7.11 Å². The van der Waals surface area contributed by atoms with Crippen molar-refractivity contribution >= 4 is 23.6 Å². The molecule has 1 fully saturated rings. The van der Waals surface area contributed by atoms with E-state index < -0.39 is 0 Å². The van der Waals surface area contributed by atoms with Crippen LogP contribution in [0.1, 0.15) is 85.0 Å². The predicted octanol–water partition coefficient (Wildman–Crippen LogP) is 4.37. The van der Waals surface area contributed by atoms with Crippen LogP contribution < -0.4 is 0 Å². The van der Waals surface area contributed by atoms with Gasteiger partial charge in [0, 0.05) is 13.0 Å². The summed E-state index contributed by atoms with van der Waals surface area (Å²) < 4.78 is 4.65. The molecule has 0 spiro atoms. The molecule has 0 saturated carbocycles. The number of nitrogens with zero attached hydrogens (tertiary/aromatic N) is 1. The molecular weight excluding hydrogens is 362 g/mol. The fourth-order valence-corrected chi connectivity index (χ4v) is 4.74. The van der Waals surface area contributed by atoms with Crippen LogP contribution >= 0.6 is 11.8 Å². The highest BCUT2D eigenvalue weighted by Gasteiger charge is 2.33. The maximum Gasteiger partial charge on any atom is 0.305 e. The average molecular weight is 402 g/mol. The zero-order valence-electron chi connectivity index (χ0n) is 17.7. The van der Waals surface area contributed by atoms with Gasteiger partial charge in [-0.25, -0.2) is 0 Å². The third-order valence-electron chi connectivity index (χ3n) is 5.60. The largest absolute Gasteiger partial charge is 0.469 e. The van der Waals surface area contributed by atoms with Gasteiger partial charge in [0.2, 0.25) is 5.91 Å². The molecule has 1 N–H and O–H groups in total. The second-order valence-corrected chi connectivity index (χ2v) is 9.44. The molecule has 0 radical (unpaired) electrons.